The molecule has 10 heteroatoms. The van der Waals surface area contributed by atoms with Gasteiger partial charge in [-0.1, -0.05) is 18.2 Å². The highest BCUT2D eigenvalue weighted by Crippen LogP contribution is 2.50. The van der Waals surface area contributed by atoms with Gasteiger partial charge in [-0.25, -0.2) is 9.98 Å². The van der Waals surface area contributed by atoms with E-state index in [4.69, 9.17) is 10.5 Å². The summed E-state index contributed by atoms with van der Waals surface area (Å²) in [7, 11) is 1.55. The van der Waals surface area contributed by atoms with Crippen LogP contribution in [0.5, 0.6) is 11.5 Å². The van der Waals surface area contributed by atoms with E-state index < -0.39 is 23.7 Å². The van der Waals surface area contributed by atoms with Crippen LogP contribution in [0.4, 0.5) is 13.2 Å². The minimum Gasteiger partial charge on any atom is -0.487 e. The zero-order valence-corrected chi connectivity index (χ0v) is 19.5. The second kappa shape index (κ2) is 8.54. The molecule has 186 valence electrons. The Morgan fingerprint density at radius 2 is 1.94 bits per heavy atom. The number of hydrogen-bond donors (Lipinski definition) is 1. The third-order valence-corrected chi connectivity index (χ3v) is 6.52. The van der Waals surface area contributed by atoms with Crippen LogP contribution in [0.15, 0.2) is 65.8 Å². The molecule has 1 amide bonds. The first kappa shape index (κ1) is 23.7. The largest absolute Gasteiger partial charge is 0.487 e. The molecule has 0 saturated carbocycles. The van der Waals surface area contributed by atoms with Crippen molar-refractivity contribution < 1.29 is 27.4 Å². The Morgan fingerprint density at radius 3 is 2.58 bits per heavy atom. The van der Waals surface area contributed by atoms with Gasteiger partial charge in [0.05, 0.1) is 0 Å². The number of alkyl halides is 2. The molecule has 36 heavy (non-hydrogen) atoms. The lowest BCUT2D eigenvalue weighted by Crippen LogP contribution is -2.51. The molecule has 3 aromatic rings. The average molecular weight is 496 g/mol. The Balaban J connectivity index is 1.56. The van der Waals surface area contributed by atoms with Crippen molar-refractivity contribution in [2.75, 3.05) is 7.05 Å². The van der Waals surface area contributed by atoms with Crippen molar-refractivity contribution in [3.8, 4) is 22.6 Å². The maximum atomic E-state index is 14.4. The van der Waals surface area contributed by atoms with Crippen LogP contribution in [-0.4, -0.2) is 41.0 Å². The highest BCUT2D eigenvalue weighted by atomic mass is 19.3. The van der Waals surface area contributed by atoms with Crippen LogP contribution in [0, 0.1) is 5.95 Å². The third kappa shape index (κ3) is 4.02. The number of fused-ring (bicyclic) bond motifs is 2. The van der Waals surface area contributed by atoms with Crippen molar-refractivity contribution in [2.24, 2.45) is 10.7 Å². The van der Waals surface area contributed by atoms with Gasteiger partial charge >= 0.3 is 6.61 Å². The number of nitrogens with two attached hydrogens (primary N) is 1. The lowest BCUT2D eigenvalue weighted by atomic mass is 9.74. The molecule has 1 aromatic heterocycles. The molecule has 0 fully saturated rings. The van der Waals surface area contributed by atoms with Crippen LogP contribution in [0.25, 0.3) is 11.1 Å². The lowest BCUT2D eigenvalue weighted by molar-refractivity contribution is -0.133. The molecule has 5 rings (SSSR count). The molecule has 2 atom stereocenters. The normalized spacial score (nSPS) is 23.0. The van der Waals surface area contributed by atoms with Gasteiger partial charge in [-0.15, -0.1) is 0 Å². The predicted octanol–water partition coefficient (Wildman–Crippen LogP) is 4.26. The number of rotatable bonds is 5. The number of amides is 1. The lowest BCUT2D eigenvalue weighted by Gasteiger charge is -2.43. The Labute approximate surface area is 205 Å². The van der Waals surface area contributed by atoms with Gasteiger partial charge in [-0.2, -0.15) is 13.2 Å². The van der Waals surface area contributed by atoms with E-state index >= 15 is 0 Å². The van der Waals surface area contributed by atoms with Gasteiger partial charge in [0.1, 0.15) is 17.1 Å². The molecule has 1 spiro atoms. The predicted molar refractivity (Wildman–Crippen MR) is 126 cm³/mol. The Bertz CT molecular complexity index is 1360. The number of benzene rings is 2. The second-order valence-corrected chi connectivity index (χ2v) is 9.18. The van der Waals surface area contributed by atoms with E-state index in [9.17, 15) is 18.0 Å². The Morgan fingerprint density at radius 1 is 1.19 bits per heavy atom. The third-order valence-electron chi connectivity index (χ3n) is 6.52. The van der Waals surface area contributed by atoms with Gasteiger partial charge in [-0.05, 0) is 54.4 Å². The fraction of sp³-hybridized carbons (Fsp3) is 0.269. The van der Waals surface area contributed by atoms with Crippen LogP contribution < -0.4 is 15.2 Å². The Kier molecular flexibility index (Phi) is 5.61. The zero-order chi connectivity index (χ0) is 25.7. The number of carbonyl (C=O) groups is 1. The van der Waals surface area contributed by atoms with E-state index in [0.29, 0.717) is 23.3 Å². The molecule has 0 bridgehead atoms. The molecule has 2 aliphatic rings. The molecular weight excluding hydrogens is 473 g/mol. The number of guanidine groups is 1. The summed E-state index contributed by atoms with van der Waals surface area (Å²) in [5.74, 6) is -0.410. The monoisotopic (exact) mass is 496 g/mol. The number of likely N-dealkylation sites (N-methyl/N-ethyl adjacent to an activating group) is 1. The van der Waals surface area contributed by atoms with Gasteiger partial charge in [0, 0.05) is 37.2 Å². The molecule has 7 nitrogen and oxygen atoms in total. The van der Waals surface area contributed by atoms with Crippen molar-refractivity contribution in [3.63, 3.8) is 0 Å². The van der Waals surface area contributed by atoms with Gasteiger partial charge in [0.15, 0.2) is 11.5 Å². The first-order chi connectivity index (χ1) is 17.1. The number of aromatic nitrogens is 1. The molecule has 0 saturated heterocycles. The maximum absolute atomic E-state index is 14.4. The number of halogens is 3. The summed E-state index contributed by atoms with van der Waals surface area (Å²) in [6.45, 7) is -1.06. The molecule has 2 aliphatic heterocycles. The van der Waals surface area contributed by atoms with Gasteiger partial charge in [-0.3, -0.25) is 9.69 Å². The highest BCUT2D eigenvalue weighted by Gasteiger charge is 2.56. The summed E-state index contributed by atoms with van der Waals surface area (Å²) in [6, 6.07) is 14.6. The van der Waals surface area contributed by atoms with Crippen molar-refractivity contribution in [1.82, 2.24) is 9.88 Å². The molecule has 2 N–H and O–H groups in total. The Hall–Kier alpha value is -4.08. The number of hydrogen-bond acceptors (Lipinski definition) is 6. The number of aliphatic imine (C=N–C) groups is 1. The van der Waals surface area contributed by atoms with E-state index in [-0.39, 0.29) is 29.6 Å². The molecule has 0 unspecified atom stereocenters. The fourth-order valence-electron chi connectivity index (χ4n) is 4.96. The van der Waals surface area contributed by atoms with Gasteiger partial charge < -0.3 is 15.2 Å². The van der Waals surface area contributed by atoms with Crippen LogP contribution >= 0.6 is 0 Å². The summed E-state index contributed by atoms with van der Waals surface area (Å²) in [6.07, 6.45) is 1.87. The molecule has 0 radical (unpaired) electrons. The van der Waals surface area contributed by atoms with Crippen molar-refractivity contribution >= 4 is 11.9 Å². The molecule has 2 aromatic carbocycles. The van der Waals surface area contributed by atoms with E-state index in [1.807, 2.05) is 6.92 Å². The van der Waals surface area contributed by atoms with Crippen LogP contribution in [0.3, 0.4) is 0 Å². The topological polar surface area (TPSA) is 90.0 Å². The standard InChI is InChI=1S/C26H23F3N4O3/c1-25(13-15-5-8-17(9-6-15)35-23(28)29)14-26(22(34)33(2)24(30)32-26)19-12-16(7-10-20(19)36-25)18-4-3-11-31-21(18)27/h3-12,23H,13-14H2,1-2H3,(H2,30,32)/t25-,26-/m1/s1. The molecule has 3 heterocycles. The highest BCUT2D eigenvalue weighted by molar-refractivity contribution is 6.07. The minimum absolute atomic E-state index is 0.0467. The van der Waals surface area contributed by atoms with Gasteiger partial charge in [0.2, 0.25) is 5.95 Å². The first-order valence-corrected chi connectivity index (χ1v) is 11.2. The maximum Gasteiger partial charge on any atom is 0.387 e. The number of carbonyl (C=O) groups excluding carboxylic acids is 1. The van der Waals surface area contributed by atoms with E-state index in [1.165, 1.54) is 23.2 Å². The second-order valence-electron chi connectivity index (χ2n) is 9.18. The van der Waals surface area contributed by atoms with Crippen LogP contribution in [0.2, 0.25) is 0 Å². The number of nitrogens with zero attached hydrogens (tertiary/aromatic N) is 3. The number of ether oxygens (including phenoxy) is 2. The smallest absolute Gasteiger partial charge is 0.387 e. The SMILES string of the molecule is CN1C(=O)[C@]2(C[C@@](C)(Cc3ccc(OC(F)F)cc3)Oc3ccc(-c4cccnc4F)cc32)N=C1N. The summed E-state index contributed by atoms with van der Waals surface area (Å²) in [4.78, 5) is 23.2. The van der Waals surface area contributed by atoms with Gasteiger partial charge in [0.25, 0.3) is 5.91 Å². The average Bonchev–Trinajstić information content (AvgIpc) is 3.03. The first-order valence-electron chi connectivity index (χ1n) is 11.2. The van der Waals surface area contributed by atoms with E-state index in [1.54, 1.807) is 49.5 Å². The summed E-state index contributed by atoms with van der Waals surface area (Å²) < 4.78 is 50.2. The van der Waals surface area contributed by atoms with Crippen LogP contribution in [0.1, 0.15) is 24.5 Å². The molecular formula is C26H23F3N4O3. The van der Waals surface area contributed by atoms with Crippen molar-refractivity contribution in [1.29, 1.82) is 0 Å². The summed E-state index contributed by atoms with van der Waals surface area (Å²) in [5, 5.41) is 0. The zero-order valence-electron chi connectivity index (χ0n) is 19.5. The van der Waals surface area contributed by atoms with Crippen LogP contribution in [-0.2, 0) is 16.8 Å². The minimum atomic E-state index is -2.91. The van der Waals surface area contributed by atoms with E-state index in [0.717, 1.165) is 5.56 Å². The van der Waals surface area contributed by atoms with E-state index in [2.05, 4.69) is 14.7 Å². The quantitative estimate of drug-likeness (QED) is 0.534. The van der Waals surface area contributed by atoms with Crippen molar-refractivity contribution in [3.05, 3.63) is 77.9 Å². The summed E-state index contributed by atoms with van der Waals surface area (Å²) in [5.41, 5.74) is 5.89. The number of pyridine rings is 1. The fourth-order valence-corrected chi connectivity index (χ4v) is 4.96. The summed E-state index contributed by atoms with van der Waals surface area (Å²) >= 11 is 0. The molecule has 0 aliphatic carbocycles. The van der Waals surface area contributed by atoms with Crippen molar-refractivity contribution in [2.45, 2.75) is 37.5 Å².